The fourth-order valence-electron chi connectivity index (χ4n) is 9.38. The first-order valence-corrected chi connectivity index (χ1v) is 25.9. The van der Waals surface area contributed by atoms with Crippen molar-refractivity contribution in [2.24, 2.45) is 0 Å². The van der Waals surface area contributed by atoms with Crippen molar-refractivity contribution in [2.45, 2.75) is 205 Å². The average molecular weight is 1180 g/mol. The predicted molar refractivity (Wildman–Crippen MR) is 245 cm³/mol. The van der Waals surface area contributed by atoms with Crippen LogP contribution in [0.15, 0.2) is 0 Å². The maximum absolute atomic E-state index is 12.9. The molecule has 0 spiro atoms. The van der Waals surface area contributed by atoms with E-state index in [1.807, 2.05) is 0 Å². The molecule has 5 aliphatic heterocycles. The van der Waals surface area contributed by atoms with Crippen LogP contribution in [-0.4, -0.2) is 330 Å². The monoisotopic (exact) mass is 1180 g/mol. The zero-order chi connectivity index (χ0) is 59.1. The molecule has 29 atom stereocenters. The first kappa shape index (κ1) is 67.0. The van der Waals surface area contributed by atoms with Crippen LogP contribution in [0.3, 0.4) is 0 Å². The zero-order valence-electron chi connectivity index (χ0n) is 42.5. The van der Waals surface area contributed by atoms with E-state index in [-0.39, 0.29) is 0 Å². The van der Waals surface area contributed by atoms with Gasteiger partial charge < -0.3 is 145 Å². The molecule has 5 saturated heterocycles. The van der Waals surface area contributed by atoms with E-state index >= 15 is 0 Å². The first-order chi connectivity index (χ1) is 37.0. The maximum Gasteiger partial charge on any atom is 0.397 e. The van der Waals surface area contributed by atoms with E-state index in [4.69, 9.17) is 47.4 Å². The topological polar surface area (TPSA) is 567 Å². The van der Waals surface area contributed by atoms with Crippen molar-refractivity contribution in [3.63, 3.8) is 0 Å². The summed E-state index contributed by atoms with van der Waals surface area (Å²) in [5.41, 5.74) is 0. The summed E-state index contributed by atoms with van der Waals surface area (Å²) in [7, 11) is -5.48. The second kappa shape index (κ2) is 29.2. The molecule has 0 bridgehead atoms. The van der Waals surface area contributed by atoms with Crippen molar-refractivity contribution >= 4 is 28.1 Å². The van der Waals surface area contributed by atoms with Crippen LogP contribution in [-0.2, 0) is 76.3 Å². The molecule has 0 unspecified atom stereocenters. The van der Waals surface area contributed by atoms with Gasteiger partial charge in [-0.3, -0.25) is 18.9 Å². The van der Waals surface area contributed by atoms with Crippen LogP contribution >= 0.6 is 0 Å². The molecule has 79 heavy (non-hydrogen) atoms. The van der Waals surface area contributed by atoms with Gasteiger partial charge in [0.15, 0.2) is 31.5 Å². The Kier molecular flexibility index (Phi) is 24.7. The summed E-state index contributed by atoms with van der Waals surface area (Å²) < 4.78 is 97.2. The Labute approximate surface area is 449 Å². The van der Waals surface area contributed by atoms with Crippen LogP contribution < -0.4 is 16.0 Å². The third-order valence-electron chi connectivity index (χ3n) is 13.5. The van der Waals surface area contributed by atoms with Crippen LogP contribution in [0.2, 0.25) is 0 Å². The van der Waals surface area contributed by atoms with Gasteiger partial charge in [0.05, 0.1) is 51.8 Å². The van der Waals surface area contributed by atoms with Crippen LogP contribution in [0.5, 0.6) is 0 Å². The number of amides is 3. The van der Waals surface area contributed by atoms with E-state index in [1.54, 1.807) is 0 Å². The molecule has 0 saturated carbocycles. The predicted octanol–water partition coefficient (Wildman–Crippen LogP) is -13.2. The fraction of sp³-hybridized carbons (Fsp3) is 0.929. The molecule has 460 valence electrons. The van der Waals surface area contributed by atoms with Crippen molar-refractivity contribution in [2.75, 3.05) is 39.6 Å². The number of aliphatic hydroxyl groups is 16. The number of nitrogens with one attached hydrogen (secondary N) is 3. The summed E-state index contributed by atoms with van der Waals surface area (Å²) in [6.07, 6.45) is -53.4. The minimum Gasteiger partial charge on any atom is -0.394 e. The third kappa shape index (κ3) is 16.3. The quantitative estimate of drug-likeness (QED) is 0.0399. The van der Waals surface area contributed by atoms with Crippen LogP contribution in [0.1, 0.15) is 27.7 Å². The van der Waals surface area contributed by atoms with Crippen LogP contribution in [0.4, 0.5) is 0 Å². The number of hydrogen-bond acceptors (Lipinski definition) is 32. The molecule has 36 nitrogen and oxygen atoms in total. The van der Waals surface area contributed by atoms with Gasteiger partial charge in [-0.05, 0) is 6.92 Å². The van der Waals surface area contributed by atoms with Gasteiger partial charge in [-0.2, -0.15) is 8.42 Å². The van der Waals surface area contributed by atoms with Gasteiger partial charge in [0.25, 0.3) is 0 Å². The van der Waals surface area contributed by atoms with Crippen molar-refractivity contribution in [1.29, 1.82) is 0 Å². The molecule has 0 aromatic carbocycles. The van der Waals surface area contributed by atoms with Gasteiger partial charge in [-0.15, -0.1) is 0 Å². The largest absolute Gasteiger partial charge is 0.397 e. The van der Waals surface area contributed by atoms with Gasteiger partial charge in [-0.1, -0.05) is 0 Å². The molecule has 0 radical (unpaired) electrons. The van der Waals surface area contributed by atoms with Gasteiger partial charge in [0.1, 0.15) is 134 Å². The van der Waals surface area contributed by atoms with E-state index in [9.17, 15) is 109 Å². The van der Waals surface area contributed by atoms with E-state index in [2.05, 4.69) is 20.1 Å². The number of carbonyl (C=O) groups is 3. The molecule has 5 fully saturated rings. The van der Waals surface area contributed by atoms with E-state index in [0.29, 0.717) is 0 Å². The van der Waals surface area contributed by atoms with Crippen molar-refractivity contribution in [1.82, 2.24) is 16.0 Å². The number of hydrogen-bond donors (Lipinski definition) is 20. The third-order valence-corrected chi connectivity index (χ3v) is 13.9. The minimum absolute atomic E-state index is 0.811. The summed E-state index contributed by atoms with van der Waals surface area (Å²) in [6.45, 7) is -2.62. The lowest BCUT2D eigenvalue weighted by molar-refractivity contribution is -0.401. The Hall–Kier alpha value is -2.76. The van der Waals surface area contributed by atoms with Crippen molar-refractivity contribution in [3.05, 3.63) is 0 Å². The lowest BCUT2D eigenvalue weighted by atomic mass is 9.93. The summed E-state index contributed by atoms with van der Waals surface area (Å²) in [5, 5.41) is 180. The van der Waals surface area contributed by atoms with Crippen LogP contribution in [0, 0.1) is 0 Å². The summed E-state index contributed by atoms with van der Waals surface area (Å²) in [6, 6.07) is -5.40. The molecule has 5 rings (SSSR count). The number of rotatable bonds is 24. The molecular formula is C42H73N3O33S. The summed E-state index contributed by atoms with van der Waals surface area (Å²) in [5.74, 6) is -2.65. The Balaban J connectivity index is 1.58. The Morgan fingerprint density at radius 1 is 0.506 bits per heavy atom. The van der Waals surface area contributed by atoms with Gasteiger partial charge in [0.2, 0.25) is 17.7 Å². The molecule has 0 aliphatic carbocycles. The van der Waals surface area contributed by atoms with E-state index < -0.39 is 246 Å². The van der Waals surface area contributed by atoms with Crippen molar-refractivity contribution < 1.29 is 161 Å². The standard InChI is InChI=1S/C42H73N3O33S/c1-11-23(55)30(62)31(63)40(69-11)78-37-36(77-38-21(44-13(3)52)28(60)25(57)17(7-48)70-38)27(59)19(9-50)72-42(37)75-34-20(10-68-79(65,66)67)73-39(22(29(34)61)45-14(4)53)76-35-26(58)18(8-49)71-41(32(35)64)74-33(24(56)16(54)6-47)15(5-46)43-12(2)51/h11,15-42,46-50,54-64H,5-10H2,1-4H3,(H,43,51)(H,44,52)(H,45,53)(H,65,66,67)/t11-,15-,16+,17+,18+,19+,20+,21+,22+,23+,24-,25-,26-,27-,28+,29+,30+,31-,32+,33+,34+,35-,36-,37+,38+,39-,40-,41-,42-/m0/s1. The SMILES string of the molecule is CC(=O)N[C@H]1[C@H](O[C@H]2[C@@H](O)[C@@H](CO)O[C@@H](O[C@@H]([C@@H](O)[C@H](O)CO)[C@H](CO)NC(C)=O)[C@@H]2O)O[C@H](COS(=O)(=O)O)[C@@H](O[C@@H]2O[C@H](CO)[C@H](O)[C@H](O[C@H]3O[C@H](CO)[C@H](O)[C@H](O)[C@H]3NC(C)=O)[C@H]2O[C@@H]2O[C@@H](C)[C@@H](O)[C@@H](O)[C@@H]2O)[C@@H]1O. The van der Waals surface area contributed by atoms with Gasteiger partial charge in [-0.25, -0.2) is 4.18 Å². The first-order valence-electron chi connectivity index (χ1n) is 24.5. The fourth-order valence-corrected chi connectivity index (χ4v) is 9.68. The Morgan fingerprint density at radius 2 is 0.987 bits per heavy atom. The summed E-state index contributed by atoms with van der Waals surface area (Å²) >= 11 is 0. The highest BCUT2D eigenvalue weighted by molar-refractivity contribution is 7.80. The Morgan fingerprint density at radius 3 is 1.51 bits per heavy atom. The average Bonchev–Trinajstić information content (AvgIpc) is 3.43. The lowest BCUT2D eigenvalue weighted by Crippen LogP contribution is -2.71. The molecule has 37 heteroatoms. The highest BCUT2D eigenvalue weighted by Crippen LogP contribution is 2.38. The maximum atomic E-state index is 12.9. The second-order valence-corrected chi connectivity index (χ2v) is 20.3. The highest BCUT2D eigenvalue weighted by atomic mass is 32.3. The lowest BCUT2D eigenvalue weighted by Gasteiger charge is -2.51. The highest BCUT2D eigenvalue weighted by Gasteiger charge is 2.59. The number of ether oxygens (including phenoxy) is 10. The smallest absolute Gasteiger partial charge is 0.394 e. The molecular weight excluding hydrogens is 1110 g/mol. The van der Waals surface area contributed by atoms with Gasteiger partial charge in [0, 0.05) is 20.8 Å². The van der Waals surface area contributed by atoms with Crippen LogP contribution in [0.25, 0.3) is 0 Å². The minimum atomic E-state index is -5.48. The van der Waals surface area contributed by atoms with E-state index in [0.717, 1.165) is 20.8 Å². The summed E-state index contributed by atoms with van der Waals surface area (Å²) in [4.78, 5) is 37.3. The number of carbonyl (C=O) groups excluding carboxylic acids is 3. The molecule has 5 aliphatic rings. The Bertz CT molecular complexity index is 2060. The number of aliphatic hydroxyl groups excluding tert-OH is 16. The zero-order valence-corrected chi connectivity index (χ0v) is 43.3. The molecule has 0 aromatic heterocycles. The molecule has 3 amide bonds. The van der Waals surface area contributed by atoms with Crippen molar-refractivity contribution in [3.8, 4) is 0 Å². The normalized spacial score (nSPS) is 42.8. The molecule has 20 N–H and O–H groups in total. The molecule has 0 aromatic rings. The molecule has 5 heterocycles. The van der Waals surface area contributed by atoms with E-state index in [1.165, 1.54) is 6.92 Å². The second-order valence-electron chi connectivity index (χ2n) is 19.2. The van der Waals surface area contributed by atoms with Gasteiger partial charge >= 0.3 is 10.4 Å².